The average Bonchev–Trinajstić information content (AvgIpc) is 2.66. The summed E-state index contributed by atoms with van der Waals surface area (Å²) < 4.78 is 53.8. The van der Waals surface area contributed by atoms with Gasteiger partial charge in [0.05, 0.1) is 17.0 Å². The number of halogens is 2. The van der Waals surface area contributed by atoms with Crippen molar-refractivity contribution in [2.45, 2.75) is 18.2 Å². The first-order valence-electron chi connectivity index (χ1n) is 8.66. The van der Waals surface area contributed by atoms with Crippen LogP contribution in [0.5, 0.6) is 0 Å². The molecule has 0 aliphatic carbocycles. The van der Waals surface area contributed by atoms with E-state index in [-0.39, 0.29) is 17.0 Å². The normalized spacial score (nSPS) is 11.1. The van der Waals surface area contributed by atoms with Gasteiger partial charge in [-0.2, -0.15) is 0 Å². The standard InChI is InChI=1S/C21H18F2N2O3S/c1-14-2-11-20(19(23)12-14)24-21(26)13-15-3-7-17(8-4-15)25-29(27,28)18-9-5-16(22)6-10-18/h2-12,25H,13H2,1H3,(H,24,26). The molecule has 0 aromatic heterocycles. The minimum absolute atomic E-state index is 0.00168. The SMILES string of the molecule is Cc1ccc(NC(=O)Cc2ccc(NS(=O)(=O)c3ccc(F)cc3)cc2)c(F)c1. The summed E-state index contributed by atoms with van der Waals surface area (Å²) in [5, 5.41) is 2.51. The van der Waals surface area contributed by atoms with Gasteiger partial charge in [-0.15, -0.1) is 0 Å². The number of aryl methyl sites for hydroxylation is 1. The summed E-state index contributed by atoms with van der Waals surface area (Å²) in [5.74, 6) is -1.44. The molecular weight excluding hydrogens is 398 g/mol. The number of carbonyl (C=O) groups is 1. The Morgan fingerprint density at radius 2 is 1.59 bits per heavy atom. The van der Waals surface area contributed by atoms with Gasteiger partial charge in [0.15, 0.2) is 0 Å². The number of hydrogen-bond acceptors (Lipinski definition) is 3. The number of benzene rings is 3. The second-order valence-electron chi connectivity index (χ2n) is 6.46. The topological polar surface area (TPSA) is 75.3 Å². The zero-order valence-corrected chi connectivity index (χ0v) is 16.3. The molecule has 29 heavy (non-hydrogen) atoms. The van der Waals surface area contributed by atoms with Crippen LogP contribution in [-0.4, -0.2) is 14.3 Å². The Bertz CT molecular complexity index is 1130. The van der Waals surface area contributed by atoms with Crippen LogP contribution in [0, 0.1) is 18.6 Å². The van der Waals surface area contributed by atoms with Crippen molar-refractivity contribution in [3.05, 3.63) is 89.5 Å². The van der Waals surface area contributed by atoms with Crippen LogP contribution in [0.1, 0.15) is 11.1 Å². The van der Waals surface area contributed by atoms with E-state index < -0.39 is 27.6 Å². The Morgan fingerprint density at radius 1 is 0.931 bits per heavy atom. The van der Waals surface area contributed by atoms with Crippen LogP contribution >= 0.6 is 0 Å². The molecule has 0 aliphatic heterocycles. The Morgan fingerprint density at radius 3 is 2.21 bits per heavy atom. The highest BCUT2D eigenvalue weighted by atomic mass is 32.2. The number of anilines is 2. The molecule has 1 amide bonds. The van der Waals surface area contributed by atoms with Crippen molar-refractivity contribution in [3.63, 3.8) is 0 Å². The lowest BCUT2D eigenvalue weighted by molar-refractivity contribution is -0.115. The maximum absolute atomic E-state index is 13.8. The Balaban J connectivity index is 1.63. The smallest absolute Gasteiger partial charge is 0.261 e. The molecule has 0 radical (unpaired) electrons. The molecule has 2 N–H and O–H groups in total. The largest absolute Gasteiger partial charge is 0.323 e. The number of sulfonamides is 1. The van der Waals surface area contributed by atoms with Crippen molar-refractivity contribution >= 4 is 27.3 Å². The predicted molar refractivity (Wildman–Crippen MR) is 107 cm³/mol. The maximum Gasteiger partial charge on any atom is 0.261 e. The summed E-state index contributed by atoms with van der Waals surface area (Å²) in [5.41, 5.74) is 1.77. The van der Waals surface area contributed by atoms with Crippen LogP contribution < -0.4 is 10.0 Å². The summed E-state index contributed by atoms with van der Waals surface area (Å²) in [6.45, 7) is 1.75. The van der Waals surface area contributed by atoms with Crippen molar-refractivity contribution < 1.29 is 22.0 Å². The third-order valence-electron chi connectivity index (χ3n) is 4.09. The fourth-order valence-electron chi connectivity index (χ4n) is 2.62. The fraction of sp³-hybridized carbons (Fsp3) is 0.0952. The quantitative estimate of drug-likeness (QED) is 0.631. The molecule has 0 saturated carbocycles. The Hall–Kier alpha value is -3.26. The first kappa shape index (κ1) is 20.5. The molecule has 0 aliphatic rings. The van der Waals surface area contributed by atoms with Gasteiger partial charge >= 0.3 is 0 Å². The van der Waals surface area contributed by atoms with Gasteiger partial charge < -0.3 is 5.32 Å². The van der Waals surface area contributed by atoms with Crippen LogP contribution in [0.2, 0.25) is 0 Å². The first-order valence-corrected chi connectivity index (χ1v) is 10.1. The van der Waals surface area contributed by atoms with E-state index >= 15 is 0 Å². The van der Waals surface area contributed by atoms with Crippen molar-refractivity contribution in [2.24, 2.45) is 0 Å². The van der Waals surface area contributed by atoms with E-state index in [0.717, 1.165) is 17.7 Å². The molecule has 8 heteroatoms. The summed E-state index contributed by atoms with van der Waals surface area (Å²) >= 11 is 0. The first-order chi connectivity index (χ1) is 13.7. The molecule has 5 nitrogen and oxygen atoms in total. The van der Waals surface area contributed by atoms with Gasteiger partial charge in [0, 0.05) is 5.69 Å². The van der Waals surface area contributed by atoms with E-state index in [9.17, 15) is 22.0 Å². The zero-order valence-electron chi connectivity index (χ0n) is 15.4. The summed E-state index contributed by atoms with van der Waals surface area (Å²) in [4.78, 5) is 12.1. The molecule has 0 heterocycles. The number of rotatable bonds is 6. The second kappa shape index (κ2) is 8.40. The zero-order chi connectivity index (χ0) is 21.0. The maximum atomic E-state index is 13.8. The van der Waals surface area contributed by atoms with E-state index in [2.05, 4.69) is 10.0 Å². The number of carbonyl (C=O) groups excluding carboxylic acids is 1. The van der Waals surface area contributed by atoms with Crippen molar-refractivity contribution in [1.29, 1.82) is 0 Å². The van der Waals surface area contributed by atoms with Crippen LogP contribution in [0.25, 0.3) is 0 Å². The lowest BCUT2D eigenvalue weighted by Crippen LogP contribution is -2.16. The van der Waals surface area contributed by atoms with Crippen molar-refractivity contribution in [1.82, 2.24) is 0 Å². The van der Waals surface area contributed by atoms with Gasteiger partial charge in [-0.25, -0.2) is 17.2 Å². The lowest BCUT2D eigenvalue weighted by atomic mass is 10.1. The van der Waals surface area contributed by atoms with Crippen molar-refractivity contribution in [2.75, 3.05) is 10.0 Å². The minimum Gasteiger partial charge on any atom is -0.323 e. The van der Waals surface area contributed by atoms with E-state index in [1.165, 1.54) is 36.4 Å². The summed E-state index contributed by atoms with van der Waals surface area (Å²) in [6.07, 6.45) is -0.00168. The van der Waals surface area contributed by atoms with Gasteiger partial charge in [0.1, 0.15) is 11.6 Å². The van der Waals surface area contributed by atoms with Crippen LogP contribution in [-0.2, 0) is 21.2 Å². The average molecular weight is 416 g/mol. The molecule has 150 valence electrons. The van der Waals surface area contributed by atoms with E-state index in [0.29, 0.717) is 11.3 Å². The van der Waals surface area contributed by atoms with E-state index in [4.69, 9.17) is 0 Å². The molecular formula is C21H18F2N2O3S. The third-order valence-corrected chi connectivity index (χ3v) is 5.49. The highest BCUT2D eigenvalue weighted by Gasteiger charge is 2.14. The molecule has 0 saturated heterocycles. The predicted octanol–water partition coefficient (Wildman–Crippen LogP) is 4.26. The molecule has 3 rings (SSSR count). The number of amides is 1. The summed E-state index contributed by atoms with van der Waals surface area (Å²) in [7, 11) is -3.85. The monoisotopic (exact) mass is 416 g/mol. The van der Waals surface area contributed by atoms with E-state index in [1.807, 2.05) is 0 Å². The van der Waals surface area contributed by atoms with Crippen LogP contribution in [0.15, 0.2) is 71.6 Å². The van der Waals surface area contributed by atoms with Gasteiger partial charge in [0.2, 0.25) is 5.91 Å². The molecule has 0 spiro atoms. The molecule has 3 aromatic rings. The van der Waals surface area contributed by atoms with Crippen LogP contribution in [0.4, 0.5) is 20.2 Å². The fourth-order valence-corrected chi connectivity index (χ4v) is 3.68. The molecule has 0 atom stereocenters. The highest BCUT2D eigenvalue weighted by Crippen LogP contribution is 2.18. The lowest BCUT2D eigenvalue weighted by Gasteiger charge is -2.10. The minimum atomic E-state index is -3.85. The van der Waals surface area contributed by atoms with Crippen LogP contribution in [0.3, 0.4) is 0 Å². The highest BCUT2D eigenvalue weighted by molar-refractivity contribution is 7.92. The van der Waals surface area contributed by atoms with Crippen molar-refractivity contribution in [3.8, 4) is 0 Å². The summed E-state index contributed by atoms with van der Waals surface area (Å²) in [6, 6.07) is 15.2. The molecule has 3 aromatic carbocycles. The van der Waals surface area contributed by atoms with Gasteiger partial charge in [-0.3, -0.25) is 9.52 Å². The second-order valence-corrected chi connectivity index (χ2v) is 8.15. The third kappa shape index (κ3) is 5.39. The van der Waals surface area contributed by atoms with Gasteiger partial charge in [0.25, 0.3) is 10.0 Å². The van der Waals surface area contributed by atoms with E-state index in [1.54, 1.807) is 25.1 Å². The number of nitrogens with one attached hydrogen (secondary N) is 2. The molecule has 0 bridgehead atoms. The number of hydrogen-bond donors (Lipinski definition) is 2. The molecule has 0 fully saturated rings. The Kier molecular flexibility index (Phi) is 5.93. The van der Waals surface area contributed by atoms with Gasteiger partial charge in [-0.05, 0) is 66.6 Å². The Labute approximate surface area is 167 Å². The molecule has 0 unspecified atom stereocenters. The van der Waals surface area contributed by atoms with Gasteiger partial charge in [-0.1, -0.05) is 18.2 Å².